The van der Waals surface area contributed by atoms with Gasteiger partial charge in [0.25, 0.3) is 0 Å². The van der Waals surface area contributed by atoms with Gasteiger partial charge in [0.15, 0.2) is 11.5 Å². The smallest absolute Gasteiger partial charge is 0.395 e. The molecule has 1 aliphatic heterocycles. The molecule has 0 unspecified atom stereocenters. The van der Waals surface area contributed by atoms with Crippen LogP contribution in [0, 0.1) is 6.92 Å². The highest BCUT2D eigenvalue weighted by atomic mass is 19.3. The van der Waals surface area contributed by atoms with Crippen molar-refractivity contribution >= 4 is 22.8 Å². The van der Waals surface area contributed by atoms with E-state index < -0.39 is 11.7 Å². The molecule has 1 aliphatic rings. The lowest BCUT2D eigenvalue weighted by atomic mass is 9.83. The third kappa shape index (κ3) is 3.73. The molecule has 0 spiro atoms. The van der Waals surface area contributed by atoms with E-state index in [9.17, 15) is 13.6 Å². The maximum absolute atomic E-state index is 13.3. The Hall–Kier alpha value is -4.08. The Morgan fingerprint density at radius 2 is 1.88 bits per heavy atom. The molecule has 168 valence electrons. The van der Waals surface area contributed by atoms with E-state index in [1.165, 1.54) is 12.1 Å². The molecule has 0 atom stereocenters. The SMILES string of the molecule is Cc1ccc(NC(=O)C(C)(C)c2ccc3c(c2)OC(F)(F)O3)nc1-c1cnc2cn[nH]c2c1. The minimum atomic E-state index is -3.72. The Morgan fingerprint density at radius 1 is 1.09 bits per heavy atom. The first-order chi connectivity index (χ1) is 15.6. The lowest BCUT2D eigenvalue weighted by Gasteiger charge is -2.24. The molecular formula is C23H19F2N5O3. The van der Waals surface area contributed by atoms with E-state index in [-0.39, 0.29) is 17.4 Å². The highest BCUT2D eigenvalue weighted by Crippen LogP contribution is 2.43. The lowest BCUT2D eigenvalue weighted by molar-refractivity contribution is -0.286. The third-order valence-corrected chi connectivity index (χ3v) is 5.59. The van der Waals surface area contributed by atoms with Crippen LogP contribution in [0.4, 0.5) is 14.6 Å². The number of nitrogens with one attached hydrogen (secondary N) is 2. The van der Waals surface area contributed by atoms with Crippen LogP contribution in [-0.2, 0) is 10.2 Å². The number of amides is 1. The minimum absolute atomic E-state index is 0.0763. The number of rotatable bonds is 4. The van der Waals surface area contributed by atoms with Gasteiger partial charge in [0.2, 0.25) is 5.91 Å². The second-order valence-corrected chi connectivity index (χ2v) is 8.30. The van der Waals surface area contributed by atoms with Gasteiger partial charge >= 0.3 is 6.29 Å². The van der Waals surface area contributed by atoms with E-state index in [1.54, 1.807) is 38.4 Å². The summed E-state index contributed by atoms with van der Waals surface area (Å²) in [4.78, 5) is 22.1. The first-order valence-electron chi connectivity index (χ1n) is 10.1. The van der Waals surface area contributed by atoms with Gasteiger partial charge in [-0.1, -0.05) is 12.1 Å². The van der Waals surface area contributed by atoms with Crippen LogP contribution in [0.2, 0.25) is 0 Å². The molecular weight excluding hydrogens is 432 g/mol. The molecule has 2 N–H and O–H groups in total. The predicted molar refractivity (Wildman–Crippen MR) is 116 cm³/mol. The van der Waals surface area contributed by atoms with Gasteiger partial charge in [0, 0.05) is 11.8 Å². The largest absolute Gasteiger partial charge is 0.586 e. The van der Waals surface area contributed by atoms with Crippen molar-refractivity contribution in [3.63, 3.8) is 0 Å². The molecule has 5 rings (SSSR count). The highest BCUT2D eigenvalue weighted by molar-refractivity contribution is 5.98. The second kappa shape index (κ2) is 7.22. The number of carbonyl (C=O) groups excluding carboxylic acids is 1. The topological polar surface area (TPSA) is 102 Å². The quantitative estimate of drug-likeness (QED) is 0.471. The first-order valence-corrected chi connectivity index (χ1v) is 10.1. The summed E-state index contributed by atoms with van der Waals surface area (Å²) in [6.07, 6.45) is -0.385. The Bertz CT molecular complexity index is 1400. The molecule has 0 aliphatic carbocycles. The van der Waals surface area contributed by atoms with Gasteiger partial charge in [-0.05, 0) is 56.2 Å². The Kier molecular flexibility index (Phi) is 4.55. The molecule has 0 saturated carbocycles. The van der Waals surface area contributed by atoms with Crippen molar-refractivity contribution in [3.05, 3.63) is 59.9 Å². The molecule has 10 heteroatoms. The molecule has 1 aromatic carbocycles. The first kappa shape index (κ1) is 20.8. The van der Waals surface area contributed by atoms with Gasteiger partial charge in [-0.15, -0.1) is 8.78 Å². The Labute approximate surface area is 187 Å². The molecule has 0 bridgehead atoms. The number of nitrogens with zero attached hydrogens (tertiary/aromatic N) is 3. The average Bonchev–Trinajstić information content (AvgIpc) is 3.35. The molecule has 3 aromatic heterocycles. The Balaban J connectivity index is 1.41. The fraction of sp³-hybridized carbons (Fsp3) is 0.217. The molecule has 4 heterocycles. The van der Waals surface area contributed by atoms with Crippen LogP contribution >= 0.6 is 0 Å². The fourth-order valence-electron chi connectivity index (χ4n) is 3.59. The standard InChI is InChI=1S/C23H19F2N5O3/c1-12-4-7-19(28-20(12)13-8-15-16(26-10-13)11-27-30-15)29-21(31)22(2,3)14-5-6-17-18(9-14)33-23(24,25)32-17/h4-11H,1-3H3,(H,27,30)(H,28,29,31). The number of hydrogen-bond acceptors (Lipinski definition) is 6. The van der Waals surface area contributed by atoms with E-state index in [0.717, 1.165) is 22.2 Å². The van der Waals surface area contributed by atoms with Crippen molar-refractivity contribution in [1.29, 1.82) is 0 Å². The zero-order valence-corrected chi connectivity index (χ0v) is 17.9. The predicted octanol–water partition coefficient (Wildman–Crippen LogP) is 4.57. The van der Waals surface area contributed by atoms with Crippen LogP contribution in [0.5, 0.6) is 11.5 Å². The van der Waals surface area contributed by atoms with E-state index >= 15 is 0 Å². The molecule has 0 saturated heterocycles. The summed E-state index contributed by atoms with van der Waals surface area (Å²) in [5.74, 6) is -0.202. The van der Waals surface area contributed by atoms with Crippen LogP contribution in [0.25, 0.3) is 22.3 Å². The van der Waals surface area contributed by atoms with E-state index in [4.69, 9.17) is 0 Å². The zero-order valence-electron chi connectivity index (χ0n) is 17.9. The Morgan fingerprint density at radius 3 is 2.70 bits per heavy atom. The van der Waals surface area contributed by atoms with Crippen molar-refractivity contribution in [2.45, 2.75) is 32.5 Å². The van der Waals surface area contributed by atoms with Crippen molar-refractivity contribution in [2.24, 2.45) is 0 Å². The summed E-state index contributed by atoms with van der Waals surface area (Å²) in [6.45, 7) is 5.28. The summed E-state index contributed by atoms with van der Waals surface area (Å²) in [6, 6.07) is 9.75. The summed E-state index contributed by atoms with van der Waals surface area (Å²) in [7, 11) is 0. The van der Waals surface area contributed by atoms with Gasteiger partial charge in [-0.3, -0.25) is 14.9 Å². The van der Waals surface area contributed by atoms with Crippen LogP contribution in [0.3, 0.4) is 0 Å². The summed E-state index contributed by atoms with van der Waals surface area (Å²) in [5, 5.41) is 9.68. The second-order valence-electron chi connectivity index (χ2n) is 8.30. The molecule has 1 amide bonds. The number of aromatic amines is 1. The molecule has 0 fully saturated rings. The molecule has 33 heavy (non-hydrogen) atoms. The normalized spacial score (nSPS) is 14.5. The van der Waals surface area contributed by atoms with Crippen molar-refractivity contribution < 1.29 is 23.0 Å². The monoisotopic (exact) mass is 451 g/mol. The van der Waals surface area contributed by atoms with Gasteiger partial charge in [-0.2, -0.15) is 5.10 Å². The third-order valence-electron chi connectivity index (χ3n) is 5.59. The number of anilines is 1. The van der Waals surface area contributed by atoms with Crippen LogP contribution in [0.1, 0.15) is 25.0 Å². The van der Waals surface area contributed by atoms with Crippen LogP contribution < -0.4 is 14.8 Å². The molecule has 0 radical (unpaired) electrons. The number of pyridine rings is 2. The maximum Gasteiger partial charge on any atom is 0.586 e. The van der Waals surface area contributed by atoms with Gasteiger partial charge in [-0.25, -0.2) is 4.98 Å². The zero-order chi connectivity index (χ0) is 23.4. The maximum atomic E-state index is 13.3. The number of aryl methyl sites for hydroxylation is 1. The van der Waals surface area contributed by atoms with Gasteiger partial charge < -0.3 is 14.8 Å². The number of ether oxygens (including phenoxy) is 2. The number of alkyl halides is 2. The summed E-state index contributed by atoms with van der Waals surface area (Å²) >= 11 is 0. The van der Waals surface area contributed by atoms with E-state index in [0.29, 0.717) is 17.1 Å². The average molecular weight is 451 g/mol. The number of halogens is 2. The van der Waals surface area contributed by atoms with Crippen molar-refractivity contribution in [2.75, 3.05) is 5.32 Å². The number of H-pyrrole nitrogens is 1. The van der Waals surface area contributed by atoms with Crippen molar-refractivity contribution in [3.8, 4) is 22.8 Å². The van der Waals surface area contributed by atoms with Gasteiger partial charge in [0.05, 0.1) is 22.8 Å². The van der Waals surface area contributed by atoms with Crippen LogP contribution in [-0.4, -0.2) is 32.4 Å². The number of benzene rings is 1. The number of hydrogen-bond donors (Lipinski definition) is 2. The van der Waals surface area contributed by atoms with E-state index in [2.05, 4.69) is 35.0 Å². The molecule has 8 nitrogen and oxygen atoms in total. The number of fused-ring (bicyclic) bond motifs is 2. The highest BCUT2D eigenvalue weighted by Gasteiger charge is 2.44. The summed E-state index contributed by atoms with van der Waals surface area (Å²) in [5.41, 5.74) is 3.28. The number of aromatic nitrogens is 4. The van der Waals surface area contributed by atoms with Crippen LogP contribution in [0.15, 0.2) is 48.8 Å². The lowest BCUT2D eigenvalue weighted by Crippen LogP contribution is -2.35. The molecule has 4 aromatic rings. The van der Waals surface area contributed by atoms with Gasteiger partial charge in [0.1, 0.15) is 11.3 Å². The van der Waals surface area contributed by atoms with Crippen molar-refractivity contribution in [1.82, 2.24) is 20.2 Å². The fourth-order valence-corrected chi connectivity index (χ4v) is 3.59. The number of carbonyl (C=O) groups is 1. The summed E-state index contributed by atoms with van der Waals surface area (Å²) < 4.78 is 35.6. The minimum Gasteiger partial charge on any atom is -0.395 e. The van der Waals surface area contributed by atoms with E-state index in [1.807, 2.05) is 19.1 Å².